The number of aromatic hydroxyl groups is 1. The molecule has 1 aliphatic rings. The molecule has 0 radical (unpaired) electrons. The van der Waals surface area contributed by atoms with Crippen LogP contribution in [0, 0.1) is 0 Å². The van der Waals surface area contributed by atoms with Gasteiger partial charge in [-0.1, -0.05) is 35.5 Å². The molecule has 0 saturated carbocycles. The number of oxime groups is 1. The Morgan fingerprint density at radius 3 is 2.74 bits per heavy atom. The van der Waals surface area contributed by atoms with Gasteiger partial charge in [-0.25, -0.2) is 4.79 Å². The fourth-order valence-corrected chi connectivity index (χ4v) is 4.11. The number of nitrogens with one attached hydrogen (secondary N) is 1. The molecule has 2 heterocycles. The zero-order valence-corrected chi connectivity index (χ0v) is 19.9. The molecular weight excluding hydrogens is 502 g/mol. The number of pyridine rings is 1. The summed E-state index contributed by atoms with van der Waals surface area (Å²) in [5.41, 5.74) is 2.41. The number of ketones is 1. The highest BCUT2D eigenvalue weighted by atomic mass is 79.9. The molecule has 0 aliphatic carbocycles. The number of ether oxygens (including phenoxy) is 1. The highest BCUT2D eigenvalue weighted by Crippen LogP contribution is 2.20. The van der Waals surface area contributed by atoms with E-state index >= 15 is 0 Å². The first-order valence-corrected chi connectivity index (χ1v) is 11.7. The lowest BCUT2D eigenvalue weighted by atomic mass is 9.98. The summed E-state index contributed by atoms with van der Waals surface area (Å²) < 4.78 is 6.09. The number of carbonyl (C=O) groups excluding carboxylic acids is 2. The number of phenols is 1. The maximum Gasteiger partial charge on any atom is 0.408 e. The number of aromatic nitrogens is 1. The molecule has 176 valence electrons. The van der Waals surface area contributed by atoms with E-state index in [1.54, 1.807) is 30.5 Å². The van der Waals surface area contributed by atoms with Gasteiger partial charge in [-0.2, -0.15) is 0 Å². The molecule has 0 spiro atoms. The third-order valence-corrected chi connectivity index (χ3v) is 5.95. The largest absolute Gasteiger partial charge is 0.508 e. The van der Waals surface area contributed by atoms with Crippen LogP contribution < -0.4 is 5.32 Å². The Morgan fingerprint density at radius 1 is 1.18 bits per heavy atom. The first-order valence-electron chi connectivity index (χ1n) is 10.9. The number of rotatable bonds is 9. The lowest BCUT2D eigenvalue weighted by molar-refractivity contribution is -0.121. The Bertz CT molecular complexity index is 1200. The first-order chi connectivity index (χ1) is 16.5. The van der Waals surface area contributed by atoms with E-state index in [1.165, 1.54) is 0 Å². The summed E-state index contributed by atoms with van der Waals surface area (Å²) in [7, 11) is 0. The van der Waals surface area contributed by atoms with Crippen molar-refractivity contribution in [2.45, 2.75) is 44.4 Å². The van der Waals surface area contributed by atoms with Crippen molar-refractivity contribution in [2.75, 3.05) is 0 Å². The van der Waals surface area contributed by atoms with E-state index in [9.17, 15) is 14.7 Å². The average Bonchev–Trinajstić information content (AvgIpc) is 3.27. The molecule has 3 aromatic rings. The van der Waals surface area contributed by atoms with Crippen molar-refractivity contribution in [3.63, 3.8) is 0 Å². The van der Waals surface area contributed by atoms with Crippen LogP contribution >= 0.6 is 15.9 Å². The smallest absolute Gasteiger partial charge is 0.408 e. The molecule has 0 bridgehead atoms. The first kappa shape index (κ1) is 23.7. The van der Waals surface area contributed by atoms with Crippen LogP contribution in [-0.4, -0.2) is 38.7 Å². The molecule has 0 fully saturated rings. The second kappa shape index (κ2) is 11.1. The van der Waals surface area contributed by atoms with Crippen LogP contribution in [0.25, 0.3) is 10.9 Å². The summed E-state index contributed by atoms with van der Waals surface area (Å²) in [6.07, 6.45) is 2.41. The minimum absolute atomic E-state index is 0.0328. The SMILES string of the molecule is O=C(N[C@@H](Cc1ccc(O)cc1)C(=O)CC[C@@H]1CC(Br)=NO1)OCc1cnc2ccccc2c1. The number of fused-ring (bicyclic) bond motifs is 1. The van der Waals surface area contributed by atoms with Crippen LogP contribution in [0.5, 0.6) is 5.75 Å². The summed E-state index contributed by atoms with van der Waals surface area (Å²) in [6, 6.07) is 15.3. The Morgan fingerprint density at radius 2 is 1.97 bits per heavy atom. The topological polar surface area (TPSA) is 110 Å². The number of Topliss-reactive ketones (excluding diaryl/α,β-unsaturated/α-hetero) is 1. The van der Waals surface area contributed by atoms with E-state index < -0.39 is 12.1 Å². The molecule has 2 N–H and O–H groups in total. The number of benzene rings is 2. The monoisotopic (exact) mass is 525 g/mol. The summed E-state index contributed by atoms with van der Waals surface area (Å²) in [5, 5.41) is 17.0. The Kier molecular flexibility index (Phi) is 7.74. The molecule has 8 nitrogen and oxygen atoms in total. The minimum Gasteiger partial charge on any atom is -0.508 e. The van der Waals surface area contributed by atoms with Gasteiger partial charge in [0.05, 0.1) is 11.6 Å². The van der Waals surface area contributed by atoms with Crippen LogP contribution in [0.1, 0.15) is 30.4 Å². The number of amides is 1. The standard InChI is InChI=1S/C25H24BrN3O5/c26-24-13-20(34-29-24)9-10-23(31)22(12-16-5-7-19(30)8-6-16)28-25(32)33-15-17-11-18-3-1-2-4-21(18)27-14-17/h1-8,11,14,20,22,30H,9-10,12-13,15H2,(H,28,32)/t20-,22+/m1/s1. The van der Waals surface area contributed by atoms with Crippen LogP contribution in [0.2, 0.25) is 0 Å². The number of halogens is 1. The van der Waals surface area contributed by atoms with Gasteiger partial charge in [-0.3, -0.25) is 9.78 Å². The zero-order valence-electron chi connectivity index (χ0n) is 18.3. The third kappa shape index (κ3) is 6.54. The molecule has 34 heavy (non-hydrogen) atoms. The maximum atomic E-state index is 13.0. The van der Waals surface area contributed by atoms with Crippen LogP contribution in [0.3, 0.4) is 0 Å². The Hall–Kier alpha value is -3.46. The highest BCUT2D eigenvalue weighted by Gasteiger charge is 2.25. The Balaban J connectivity index is 1.36. The van der Waals surface area contributed by atoms with Crippen molar-refractivity contribution in [3.05, 3.63) is 71.9 Å². The summed E-state index contributed by atoms with van der Waals surface area (Å²) in [5.74, 6) is -0.00373. The van der Waals surface area contributed by atoms with Crippen LogP contribution in [0.4, 0.5) is 4.79 Å². The summed E-state index contributed by atoms with van der Waals surface area (Å²) in [4.78, 5) is 35.2. The van der Waals surface area contributed by atoms with Crippen molar-refractivity contribution < 1.29 is 24.3 Å². The second-order valence-electron chi connectivity index (χ2n) is 8.08. The van der Waals surface area contributed by atoms with Gasteiger partial charge in [-0.05, 0) is 58.6 Å². The fourth-order valence-electron chi connectivity index (χ4n) is 3.67. The molecule has 1 amide bonds. The van der Waals surface area contributed by atoms with E-state index in [2.05, 4.69) is 31.4 Å². The van der Waals surface area contributed by atoms with E-state index in [-0.39, 0.29) is 37.1 Å². The molecule has 1 aromatic heterocycles. The predicted octanol–water partition coefficient (Wildman–Crippen LogP) is 4.62. The molecule has 2 atom stereocenters. The normalized spacial score (nSPS) is 15.9. The van der Waals surface area contributed by atoms with Gasteiger partial charge >= 0.3 is 6.09 Å². The number of nitrogens with zero attached hydrogens (tertiary/aromatic N) is 2. The minimum atomic E-state index is -0.780. The lowest BCUT2D eigenvalue weighted by Crippen LogP contribution is -2.42. The van der Waals surface area contributed by atoms with Crippen molar-refractivity contribution >= 4 is 43.3 Å². The number of carbonyl (C=O) groups is 2. The number of hydrogen-bond donors (Lipinski definition) is 2. The average molecular weight is 526 g/mol. The van der Waals surface area contributed by atoms with E-state index in [0.29, 0.717) is 12.8 Å². The fraction of sp³-hybridized carbons (Fsp3) is 0.280. The molecular formula is C25H24BrN3O5. The maximum absolute atomic E-state index is 13.0. The molecule has 1 aliphatic heterocycles. The highest BCUT2D eigenvalue weighted by molar-refractivity contribution is 9.18. The molecule has 2 aromatic carbocycles. The number of hydrogen-bond acceptors (Lipinski definition) is 7. The van der Waals surface area contributed by atoms with Gasteiger partial charge in [-0.15, -0.1) is 0 Å². The molecule has 0 unspecified atom stereocenters. The molecule has 4 rings (SSSR count). The number of para-hydroxylation sites is 1. The van der Waals surface area contributed by atoms with Crippen LogP contribution in [0.15, 0.2) is 65.9 Å². The van der Waals surface area contributed by atoms with Crippen molar-refractivity contribution in [1.29, 1.82) is 0 Å². The molecule has 0 saturated heterocycles. The van der Waals surface area contributed by atoms with E-state index in [0.717, 1.165) is 26.7 Å². The summed E-state index contributed by atoms with van der Waals surface area (Å²) in [6.45, 7) is 0.0328. The zero-order chi connectivity index (χ0) is 23.9. The van der Waals surface area contributed by atoms with Gasteiger partial charge < -0.3 is 20.0 Å². The van der Waals surface area contributed by atoms with E-state index in [1.807, 2.05) is 30.3 Å². The number of alkyl carbamates (subject to hydrolysis) is 1. The number of phenolic OH excluding ortho intramolecular Hbond substituents is 1. The van der Waals surface area contributed by atoms with Gasteiger partial charge in [0.2, 0.25) is 0 Å². The van der Waals surface area contributed by atoms with Crippen molar-refractivity contribution in [1.82, 2.24) is 10.3 Å². The van der Waals surface area contributed by atoms with Crippen LogP contribution in [-0.2, 0) is 27.4 Å². The van der Waals surface area contributed by atoms with Gasteiger partial charge in [0.1, 0.15) is 23.1 Å². The quantitative estimate of drug-likeness (QED) is 0.421. The second-order valence-corrected chi connectivity index (χ2v) is 9.00. The summed E-state index contributed by atoms with van der Waals surface area (Å²) >= 11 is 3.29. The molecule has 9 heteroatoms. The van der Waals surface area contributed by atoms with Crippen molar-refractivity contribution in [3.8, 4) is 5.75 Å². The van der Waals surface area contributed by atoms with Crippen molar-refractivity contribution in [2.24, 2.45) is 5.16 Å². The van der Waals surface area contributed by atoms with Gasteiger partial charge in [0, 0.05) is 30.0 Å². The predicted molar refractivity (Wildman–Crippen MR) is 131 cm³/mol. The third-order valence-electron chi connectivity index (χ3n) is 5.48. The van der Waals surface area contributed by atoms with E-state index in [4.69, 9.17) is 9.57 Å². The van der Waals surface area contributed by atoms with Gasteiger partial charge in [0.25, 0.3) is 0 Å². The Labute approximate surface area is 205 Å². The lowest BCUT2D eigenvalue weighted by Gasteiger charge is -2.18. The van der Waals surface area contributed by atoms with Gasteiger partial charge in [0.15, 0.2) is 5.78 Å².